The van der Waals surface area contributed by atoms with Gasteiger partial charge in [0, 0.05) is 18.8 Å². The third-order valence-electron chi connectivity index (χ3n) is 1.31. The van der Waals surface area contributed by atoms with Crippen LogP contribution in [0.4, 0.5) is 13.2 Å². The molecule has 0 N–H and O–H groups in total. The molecule has 2 nitrogen and oxygen atoms in total. The van der Waals surface area contributed by atoms with E-state index in [4.69, 9.17) is 0 Å². The molecule has 0 saturated heterocycles. The molecule has 0 spiro atoms. The predicted octanol–water partition coefficient (Wildman–Crippen LogP) is 2.73. The lowest BCUT2D eigenvalue weighted by molar-refractivity contribution is -0.134. The van der Waals surface area contributed by atoms with Crippen molar-refractivity contribution in [2.75, 3.05) is 0 Å². The van der Waals surface area contributed by atoms with E-state index in [0.717, 1.165) is 0 Å². The predicted molar refractivity (Wildman–Crippen MR) is 44.1 cm³/mol. The van der Waals surface area contributed by atoms with Crippen LogP contribution in [0.25, 0.3) is 0 Å². The normalized spacial score (nSPS) is 11.7. The Morgan fingerprint density at radius 2 is 1.77 bits per heavy atom. The van der Waals surface area contributed by atoms with Gasteiger partial charge in [0.25, 0.3) is 0 Å². The fourth-order valence-corrected chi connectivity index (χ4v) is 0.926. The molecule has 0 unspecified atom stereocenters. The average Bonchev–Trinajstić information content (AvgIpc) is 2.02. The van der Waals surface area contributed by atoms with Gasteiger partial charge in [0.1, 0.15) is 5.82 Å². The summed E-state index contributed by atoms with van der Waals surface area (Å²) in [5, 5.41) is 0. The molecule has 0 radical (unpaired) electrons. The van der Waals surface area contributed by atoms with Crippen molar-refractivity contribution < 1.29 is 13.2 Å². The topological polar surface area (TPSA) is 25.8 Å². The van der Waals surface area contributed by atoms with E-state index in [1.807, 2.05) is 0 Å². The van der Waals surface area contributed by atoms with Gasteiger partial charge in [0.2, 0.25) is 0 Å². The molecule has 1 aromatic heterocycles. The van der Waals surface area contributed by atoms with E-state index in [2.05, 4.69) is 25.9 Å². The first kappa shape index (κ1) is 10.4. The third kappa shape index (κ3) is 4.21. The van der Waals surface area contributed by atoms with E-state index in [1.54, 1.807) is 0 Å². The maximum absolute atomic E-state index is 11.8. The summed E-state index contributed by atoms with van der Waals surface area (Å²) in [6.07, 6.45) is -2.33. The van der Waals surface area contributed by atoms with Gasteiger partial charge in [-0.1, -0.05) is 0 Å². The smallest absolute Gasteiger partial charge is 0.240 e. The number of aromatic nitrogens is 2. The molecule has 0 aliphatic rings. The lowest BCUT2D eigenvalue weighted by Gasteiger charge is -2.04. The molecule has 0 aromatic carbocycles. The molecule has 0 saturated carbocycles. The third-order valence-corrected chi connectivity index (χ3v) is 1.72. The first-order valence-corrected chi connectivity index (χ1v) is 4.30. The summed E-state index contributed by atoms with van der Waals surface area (Å²) in [7, 11) is 0. The number of hydrogen-bond donors (Lipinski definition) is 0. The Kier molecular flexibility index (Phi) is 3.24. The van der Waals surface area contributed by atoms with Gasteiger partial charge < -0.3 is 0 Å². The van der Waals surface area contributed by atoms with E-state index in [9.17, 15) is 13.2 Å². The fraction of sp³-hybridized carbons (Fsp3) is 0.429. The van der Waals surface area contributed by atoms with Gasteiger partial charge in [-0.2, -0.15) is 13.2 Å². The molecular formula is C7H6BrF3N2. The van der Waals surface area contributed by atoms with E-state index < -0.39 is 12.6 Å². The minimum absolute atomic E-state index is 0.170. The molecule has 0 bridgehead atoms. The van der Waals surface area contributed by atoms with Crippen LogP contribution in [0, 0.1) is 0 Å². The molecule has 72 valence electrons. The average molecular weight is 255 g/mol. The van der Waals surface area contributed by atoms with Gasteiger partial charge in [-0.25, -0.2) is 9.97 Å². The van der Waals surface area contributed by atoms with Gasteiger partial charge in [-0.15, -0.1) is 0 Å². The van der Waals surface area contributed by atoms with Gasteiger partial charge in [-0.05, 0) is 15.9 Å². The van der Waals surface area contributed by atoms with Crippen LogP contribution in [-0.2, 0) is 6.42 Å². The van der Waals surface area contributed by atoms with Crippen LogP contribution in [0.1, 0.15) is 12.2 Å². The Hall–Kier alpha value is -0.650. The van der Waals surface area contributed by atoms with Crippen LogP contribution in [-0.4, -0.2) is 16.1 Å². The lowest BCUT2D eigenvalue weighted by atomic mass is 10.3. The van der Waals surface area contributed by atoms with Crippen molar-refractivity contribution >= 4 is 15.9 Å². The van der Waals surface area contributed by atoms with Crippen LogP contribution in [0.15, 0.2) is 16.9 Å². The summed E-state index contributed by atoms with van der Waals surface area (Å²) < 4.78 is 35.9. The molecule has 1 rings (SSSR count). The summed E-state index contributed by atoms with van der Waals surface area (Å²) in [5.41, 5.74) is 0. The molecule has 0 aliphatic carbocycles. The summed E-state index contributed by atoms with van der Waals surface area (Å²) in [6, 6.07) is 0. The van der Waals surface area contributed by atoms with E-state index in [1.165, 1.54) is 12.4 Å². The van der Waals surface area contributed by atoms with Gasteiger partial charge in [0.15, 0.2) is 0 Å². The van der Waals surface area contributed by atoms with Crippen molar-refractivity contribution in [1.82, 2.24) is 9.97 Å². The highest BCUT2D eigenvalue weighted by atomic mass is 79.9. The van der Waals surface area contributed by atoms with Crippen LogP contribution >= 0.6 is 15.9 Å². The van der Waals surface area contributed by atoms with Crippen LogP contribution in [0.3, 0.4) is 0 Å². The highest BCUT2D eigenvalue weighted by Gasteiger charge is 2.26. The molecule has 13 heavy (non-hydrogen) atoms. The molecule has 0 amide bonds. The Morgan fingerprint density at radius 3 is 2.23 bits per heavy atom. The van der Waals surface area contributed by atoms with Gasteiger partial charge in [-0.3, -0.25) is 0 Å². The number of halogens is 4. The van der Waals surface area contributed by atoms with Crippen molar-refractivity contribution in [2.45, 2.75) is 19.0 Å². The van der Waals surface area contributed by atoms with E-state index in [0.29, 0.717) is 4.47 Å². The highest BCUT2D eigenvalue weighted by Crippen LogP contribution is 2.21. The zero-order valence-electron chi connectivity index (χ0n) is 6.48. The van der Waals surface area contributed by atoms with Crippen molar-refractivity contribution in [3.8, 4) is 0 Å². The molecule has 1 heterocycles. The van der Waals surface area contributed by atoms with Crippen LogP contribution in [0.5, 0.6) is 0 Å². The first-order chi connectivity index (χ1) is 5.97. The van der Waals surface area contributed by atoms with E-state index in [-0.39, 0.29) is 12.2 Å². The van der Waals surface area contributed by atoms with Crippen LogP contribution < -0.4 is 0 Å². The maximum Gasteiger partial charge on any atom is 0.389 e. The van der Waals surface area contributed by atoms with Crippen molar-refractivity contribution in [2.24, 2.45) is 0 Å². The summed E-state index contributed by atoms with van der Waals surface area (Å²) in [4.78, 5) is 7.45. The van der Waals surface area contributed by atoms with E-state index >= 15 is 0 Å². The largest absolute Gasteiger partial charge is 0.389 e. The minimum atomic E-state index is -4.14. The number of alkyl halides is 3. The fourth-order valence-electron chi connectivity index (χ4n) is 0.722. The number of hydrogen-bond acceptors (Lipinski definition) is 2. The summed E-state index contributed by atoms with van der Waals surface area (Å²) in [5.74, 6) is 0.209. The second-order valence-corrected chi connectivity index (χ2v) is 3.35. The lowest BCUT2D eigenvalue weighted by Crippen LogP contribution is -2.09. The first-order valence-electron chi connectivity index (χ1n) is 3.50. The van der Waals surface area contributed by atoms with Crippen molar-refractivity contribution in [3.63, 3.8) is 0 Å². The molecule has 0 aliphatic heterocycles. The monoisotopic (exact) mass is 254 g/mol. The SMILES string of the molecule is FC(F)(F)CCc1ncc(Br)cn1. The number of rotatable bonds is 2. The molecule has 6 heteroatoms. The van der Waals surface area contributed by atoms with Crippen LogP contribution in [0.2, 0.25) is 0 Å². The molecule has 0 atom stereocenters. The Morgan fingerprint density at radius 1 is 1.23 bits per heavy atom. The highest BCUT2D eigenvalue weighted by molar-refractivity contribution is 9.10. The second-order valence-electron chi connectivity index (χ2n) is 2.43. The Bertz CT molecular complexity index is 270. The minimum Gasteiger partial charge on any atom is -0.240 e. The second kappa shape index (κ2) is 4.04. The van der Waals surface area contributed by atoms with Crippen molar-refractivity contribution in [3.05, 3.63) is 22.7 Å². The summed E-state index contributed by atoms with van der Waals surface area (Å²) in [6.45, 7) is 0. The molecular weight excluding hydrogens is 249 g/mol. The van der Waals surface area contributed by atoms with Gasteiger partial charge in [0.05, 0.1) is 10.9 Å². The number of nitrogens with zero attached hydrogens (tertiary/aromatic N) is 2. The quantitative estimate of drug-likeness (QED) is 0.811. The zero-order valence-corrected chi connectivity index (χ0v) is 8.06. The standard InChI is InChI=1S/C7H6BrF3N2/c8-5-3-12-6(13-4-5)1-2-7(9,10)11/h3-4H,1-2H2. The number of aryl methyl sites for hydroxylation is 1. The molecule has 0 fully saturated rings. The maximum atomic E-state index is 11.8. The van der Waals surface area contributed by atoms with Crippen molar-refractivity contribution in [1.29, 1.82) is 0 Å². The summed E-state index contributed by atoms with van der Waals surface area (Å²) >= 11 is 3.09. The Labute approximate surface area is 81.3 Å². The van der Waals surface area contributed by atoms with Gasteiger partial charge >= 0.3 is 6.18 Å². The Balaban J connectivity index is 2.51. The molecule has 1 aromatic rings. The zero-order chi connectivity index (χ0) is 9.90.